The van der Waals surface area contributed by atoms with Gasteiger partial charge < -0.3 is 14.6 Å². The van der Waals surface area contributed by atoms with Gasteiger partial charge in [0.15, 0.2) is 0 Å². The lowest BCUT2D eigenvalue weighted by atomic mass is 10.1. The first-order valence-electron chi connectivity index (χ1n) is 8.75. The minimum atomic E-state index is -0.980. The van der Waals surface area contributed by atoms with Crippen molar-refractivity contribution >= 4 is 21.8 Å². The molecular formula is C19H22N4O2S. The molecule has 0 spiro atoms. The summed E-state index contributed by atoms with van der Waals surface area (Å²) < 4.78 is 19.8. The summed E-state index contributed by atoms with van der Waals surface area (Å²) in [4.78, 5) is 9.71. The molecule has 0 amide bonds. The van der Waals surface area contributed by atoms with E-state index in [1.54, 1.807) is 12.6 Å². The number of piperidine rings is 1. The average molecular weight is 370 g/mol. The molecule has 1 aliphatic rings. The van der Waals surface area contributed by atoms with Crippen LogP contribution < -0.4 is 10.1 Å². The van der Waals surface area contributed by atoms with E-state index in [2.05, 4.69) is 15.3 Å². The fraction of sp³-hybridized carbons (Fsp3) is 0.368. The van der Waals surface area contributed by atoms with Crippen molar-refractivity contribution in [2.75, 3.05) is 19.3 Å². The van der Waals surface area contributed by atoms with Crippen molar-refractivity contribution in [3.05, 3.63) is 36.8 Å². The van der Waals surface area contributed by atoms with Gasteiger partial charge in [0, 0.05) is 40.8 Å². The van der Waals surface area contributed by atoms with E-state index in [1.165, 1.54) is 0 Å². The highest BCUT2D eigenvalue weighted by Gasteiger charge is 2.20. The fourth-order valence-corrected chi connectivity index (χ4v) is 3.91. The van der Waals surface area contributed by atoms with E-state index in [0.29, 0.717) is 5.88 Å². The zero-order valence-electron chi connectivity index (χ0n) is 14.9. The van der Waals surface area contributed by atoms with Gasteiger partial charge in [-0.05, 0) is 43.6 Å². The predicted octanol–water partition coefficient (Wildman–Crippen LogP) is 2.50. The Kier molecular flexibility index (Phi) is 4.74. The molecule has 1 atom stereocenters. The second-order valence-corrected chi connectivity index (χ2v) is 7.96. The Hall–Kier alpha value is -2.25. The molecular weight excluding hydrogens is 348 g/mol. The Morgan fingerprint density at radius 1 is 1.19 bits per heavy atom. The van der Waals surface area contributed by atoms with Crippen molar-refractivity contribution in [3.8, 4) is 17.0 Å². The van der Waals surface area contributed by atoms with E-state index < -0.39 is 10.8 Å². The first kappa shape index (κ1) is 17.2. The summed E-state index contributed by atoms with van der Waals surface area (Å²) >= 11 is 0. The minimum Gasteiger partial charge on any atom is -0.473 e. The van der Waals surface area contributed by atoms with Crippen LogP contribution in [0.4, 0.5) is 0 Å². The second-order valence-electron chi connectivity index (χ2n) is 6.58. The van der Waals surface area contributed by atoms with Crippen LogP contribution in [0.15, 0.2) is 41.7 Å². The number of benzene rings is 1. The van der Waals surface area contributed by atoms with Gasteiger partial charge in [0.05, 0.1) is 0 Å². The number of nitrogens with one attached hydrogen (secondary N) is 1. The molecule has 1 fully saturated rings. The number of ether oxygens (including phenoxy) is 1. The zero-order chi connectivity index (χ0) is 18.1. The Bertz CT molecular complexity index is 946. The Morgan fingerprint density at radius 3 is 2.62 bits per heavy atom. The van der Waals surface area contributed by atoms with Crippen molar-refractivity contribution < 1.29 is 8.95 Å². The second kappa shape index (κ2) is 7.17. The average Bonchev–Trinajstić information content (AvgIpc) is 3.00. The van der Waals surface area contributed by atoms with Crippen LogP contribution in [0.2, 0.25) is 0 Å². The highest BCUT2D eigenvalue weighted by atomic mass is 32.2. The highest BCUT2D eigenvalue weighted by Crippen LogP contribution is 2.33. The summed E-state index contributed by atoms with van der Waals surface area (Å²) in [6, 6.07) is 7.78. The van der Waals surface area contributed by atoms with Gasteiger partial charge in [0.25, 0.3) is 0 Å². The van der Waals surface area contributed by atoms with Gasteiger partial charge in [-0.1, -0.05) is 12.1 Å². The first-order valence-corrected chi connectivity index (χ1v) is 10.3. The molecule has 4 rings (SSSR count). The summed E-state index contributed by atoms with van der Waals surface area (Å²) in [5, 5.41) is 3.35. The van der Waals surface area contributed by atoms with Gasteiger partial charge >= 0.3 is 0 Å². The summed E-state index contributed by atoms with van der Waals surface area (Å²) in [5.74, 6) is 0.641. The Balaban J connectivity index is 1.73. The molecule has 0 radical (unpaired) electrons. The van der Waals surface area contributed by atoms with Crippen molar-refractivity contribution in [3.63, 3.8) is 0 Å². The third-order valence-electron chi connectivity index (χ3n) is 4.78. The van der Waals surface area contributed by atoms with Gasteiger partial charge in [0.2, 0.25) is 5.88 Å². The SMILES string of the molecule is Cn1cc(-c2ccc(S(C)=O)cc2)c2ncnc(OC3CCNCC3)c21. The lowest BCUT2D eigenvalue weighted by Gasteiger charge is -2.23. The normalized spacial score (nSPS) is 16.7. The quantitative estimate of drug-likeness (QED) is 0.764. The van der Waals surface area contributed by atoms with Crippen LogP contribution in [0, 0.1) is 0 Å². The monoisotopic (exact) mass is 370 g/mol. The van der Waals surface area contributed by atoms with E-state index in [9.17, 15) is 4.21 Å². The van der Waals surface area contributed by atoms with Crippen LogP contribution >= 0.6 is 0 Å². The molecule has 6 nitrogen and oxygen atoms in total. The minimum absolute atomic E-state index is 0.187. The molecule has 26 heavy (non-hydrogen) atoms. The van der Waals surface area contributed by atoms with Gasteiger partial charge in [0.1, 0.15) is 23.5 Å². The summed E-state index contributed by atoms with van der Waals surface area (Å²) in [7, 11) is 1.01. The maximum Gasteiger partial charge on any atom is 0.242 e. The maximum atomic E-state index is 11.6. The molecule has 0 aliphatic carbocycles. The maximum absolute atomic E-state index is 11.6. The molecule has 1 N–H and O–H groups in total. The lowest BCUT2D eigenvalue weighted by molar-refractivity contribution is 0.157. The zero-order valence-corrected chi connectivity index (χ0v) is 15.8. The van der Waals surface area contributed by atoms with Gasteiger partial charge in [-0.15, -0.1) is 0 Å². The summed E-state index contributed by atoms with van der Waals surface area (Å²) in [6.45, 7) is 1.95. The summed E-state index contributed by atoms with van der Waals surface area (Å²) in [6.07, 6.45) is 7.46. The molecule has 0 saturated carbocycles. The smallest absolute Gasteiger partial charge is 0.242 e. The fourth-order valence-electron chi connectivity index (χ4n) is 3.39. The van der Waals surface area contributed by atoms with E-state index in [-0.39, 0.29) is 6.10 Å². The molecule has 1 aliphatic heterocycles. The predicted molar refractivity (Wildman–Crippen MR) is 103 cm³/mol. The van der Waals surface area contributed by atoms with Crippen LogP contribution in [-0.4, -0.2) is 44.2 Å². The van der Waals surface area contributed by atoms with E-state index in [4.69, 9.17) is 4.74 Å². The largest absolute Gasteiger partial charge is 0.473 e. The molecule has 3 heterocycles. The van der Waals surface area contributed by atoms with Crippen LogP contribution in [0.25, 0.3) is 22.2 Å². The van der Waals surface area contributed by atoms with Crippen LogP contribution in [0.1, 0.15) is 12.8 Å². The van der Waals surface area contributed by atoms with Crippen molar-refractivity contribution in [2.45, 2.75) is 23.8 Å². The Labute approximate surface area is 155 Å². The molecule has 1 saturated heterocycles. The molecule has 1 aromatic carbocycles. The number of nitrogens with zero attached hydrogens (tertiary/aromatic N) is 3. The third-order valence-corrected chi connectivity index (χ3v) is 5.72. The highest BCUT2D eigenvalue weighted by molar-refractivity contribution is 7.84. The van der Waals surface area contributed by atoms with Crippen molar-refractivity contribution in [1.29, 1.82) is 0 Å². The number of aryl methyl sites for hydroxylation is 1. The third kappa shape index (κ3) is 3.24. The number of fused-ring (bicyclic) bond motifs is 1. The molecule has 2 aromatic heterocycles. The van der Waals surface area contributed by atoms with Gasteiger partial charge in [-0.2, -0.15) is 4.98 Å². The van der Waals surface area contributed by atoms with Crippen molar-refractivity contribution in [1.82, 2.24) is 19.9 Å². The summed E-state index contributed by atoms with van der Waals surface area (Å²) in [5.41, 5.74) is 3.84. The Morgan fingerprint density at radius 2 is 1.92 bits per heavy atom. The topological polar surface area (TPSA) is 69.0 Å². The molecule has 0 bridgehead atoms. The number of rotatable bonds is 4. The van der Waals surface area contributed by atoms with Gasteiger partial charge in [-0.25, -0.2) is 4.98 Å². The molecule has 1 unspecified atom stereocenters. The van der Waals surface area contributed by atoms with Crippen LogP contribution in [0.3, 0.4) is 0 Å². The number of aromatic nitrogens is 3. The molecule has 3 aromatic rings. The number of hydrogen-bond donors (Lipinski definition) is 1. The van der Waals surface area contributed by atoms with E-state index in [1.807, 2.05) is 42.1 Å². The van der Waals surface area contributed by atoms with Gasteiger partial charge in [-0.3, -0.25) is 4.21 Å². The number of hydrogen-bond acceptors (Lipinski definition) is 5. The van der Waals surface area contributed by atoms with Crippen molar-refractivity contribution in [2.24, 2.45) is 7.05 Å². The standard InChI is InChI=1S/C19H22N4O2S/c1-23-11-16(13-3-5-15(6-4-13)26(2)24)17-18(23)19(22-12-21-17)25-14-7-9-20-10-8-14/h3-6,11-12,14,20H,7-10H2,1-2H3. The first-order chi connectivity index (χ1) is 12.6. The van der Waals surface area contributed by atoms with Crippen LogP contribution in [0.5, 0.6) is 5.88 Å². The van der Waals surface area contributed by atoms with E-state index >= 15 is 0 Å². The van der Waals surface area contributed by atoms with Crippen LogP contribution in [-0.2, 0) is 17.8 Å². The molecule has 136 valence electrons. The van der Waals surface area contributed by atoms with E-state index in [0.717, 1.165) is 53.0 Å². The lowest BCUT2D eigenvalue weighted by Crippen LogP contribution is -2.34. The molecule has 7 heteroatoms.